The Morgan fingerprint density at radius 2 is 1.63 bits per heavy atom. The van der Waals surface area contributed by atoms with Crippen molar-refractivity contribution in [2.24, 2.45) is 0 Å². The van der Waals surface area contributed by atoms with Crippen molar-refractivity contribution in [3.05, 3.63) is 95.3 Å². The summed E-state index contributed by atoms with van der Waals surface area (Å²) in [6.45, 7) is 0.332. The number of amides is 2. The number of aromatic nitrogens is 1. The summed E-state index contributed by atoms with van der Waals surface area (Å²) in [5.41, 5.74) is 1.36. The average molecular weight is 367 g/mol. The highest BCUT2D eigenvalue weighted by molar-refractivity contribution is 6.05. The molecule has 0 aliphatic heterocycles. The minimum Gasteiger partial charge on any atom is -0.348 e. The second-order valence-corrected chi connectivity index (χ2v) is 5.70. The number of rotatable bonds is 5. The van der Waals surface area contributed by atoms with Crippen LogP contribution in [0.5, 0.6) is 0 Å². The highest BCUT2D eigenvalue weighted by Crippen LogP contribution is 2.16. The molecule has 0 fully saturated rings. The number of anilines is 1. The molecular formula is C20H15F2N3O2. The number of carbonyl (C=O) groups excluding carboxylic acids is 2. The van der Waals surface area contributed by atoms with Gasteiger partial charge in [0, 0.05) is 36.1 Å². The van der Waals surface area contributed by atoms with Crippen LogP contribution in [0.25, 0.3) is 0 Å². The molecule has 5 nitrogen and oxygen atoms in total. The number of hydrogen-bond donors (Lipinski definition) is 2. The first kappa shape index (κ1) is 18.2. The molecule has 2 aromatic carbocycles. The number of benzene rings is 2. The first-order valence-corrected chi connectivity index (χ1v) is 8.06. The first-order chi connectivity index (χ1) is 13.0. The van der Waals surface area contributed by atoms with Gasteiger partial charge in [-0.2, -0.15) is 0 Å². The molecule has 1 heterocycles. The van der Waals surface area contributed by atoms with Crippen molar-refractivity contribution >= 4 is 17.5 Å². The van der Waals surface area contributed by atoms with Crippen LogP contribution in [0.1, 0.15) is 26.3 Å². The van der Waals surface area contributed by atoms with Crippen LogP contribution in [0.15, 0.2) is 67.0 Å². The standard InChI is InChI=1S/C20H15F2N3O2/c21-16-7-8-18(17(22)10-16)25-20(27)15-5-3-14(4-6-15)19(26)24-12-13-2-1-9-23-11-13/h1-11H,12H2,(H,24,26)(H,25,27). The van der Waals surface area contributed by atoms with Gasteiger partial charge in [-0.3, -0.25) is 14.6 Å². The van der Waals surface area contributed by atoms with Gasteiger partial charge in [0.25, 0.3) is 11.8 Å². The smallest absolute Gasteiger partial charge is 0.255 e. The van der Waals surface area contributed by atoms with E-state index in [-0.39, 0.29) is 17.2 Å². The van der Waals surface area contributed by atoms with Crippen LogP contribution in [0.2, 0.25) is 0 Å². The molecule has 0 unspecified atom stereocenters. The highest BCUT2D eigenvalue weighted by atomic mass is 19.1. The maximum absolute atomic E-state index is 13.6. The second kappa shape index (κ2) is 8.18. The maximum atomic E-state index is 13.6. The molecule has 2 amide bonds. The SMILES string of the molecule is O=C(NCc1cccnc1)c1ccc(C(=O)Nc2ccc(F)cc2F)cc1. The van der Waals surface area contributed by atoms with Crippen molar-refractivity contribution in [3.8, 4) is 0 Å². The molecule has 0 spiro atoms. The van der Waals surface area contributed by atoms with E-state index in [1.165, 1.54) is 24.3 Å². The third kappa shape index (κ3) is 4.72. The summed E-state index contributed by atoms with van der Waals surface area (Å²) in [4.78, 5) is 28.3. The van der Waals surface area contributed by atoms with Gasteiger partial charge in [-0.05, 0) is 48.0 Å². The lowest BCUT2D eigenvalue weighted by molar-refractivity contribution is 0.0949. The molecule has 3 rings (SSSR count). The van der Waals surface area contributed by atoms with E-state index in [0.717, 1.165) is 17.7 Å². The number of hydrogen-bond acceptors (Lipinski definition) is 3. The normalized spacial score (nSPS) is 10.3. The van der Waals surface area contributed by atoms with Crippen molar-refractivity contribution in [2.75, 3.05) is 5.32 Å². The van der Waals surface area contributed by atoms with Crippen molar-refractivity contribution in [1.82, 2.24) is 10.3 Å². The predicted octanol–water partition coefficient (Wildman–Crippen LogP) is 3.54. The molecule has 0 aliphatic rings. The van der Waals surface area contributed by atoms with Crippen molar-refractivity contribution in [2.45, 2.75) is 6.54 Å². The van der Waals surface area contributed by atoms with Crippen LogP contribution < -0.4 is 10.6 Å². The summed E-state index contributed by atoms with van der Waals surface area (Å²) in [5, 5.41) is 5.11. The molecule has 0 aliphatic carbocycles. The third-order valence-electron chi connectivity index (χ3n) is 3.76. The summed E-state index contributed by atoms with van der Waals surface area (Å²) in [7, 11) is 0. The molecule has 0 radical (unpaired) electrons. The van der Waals surface area contributed by atoms with E-state index >= 15 is 0 Å². The summed E-state index contributed by atoms with van der Waals surface area (Å²) >= 11 is 0. The zero-order valence-electron chi connectivity index (χ0n) is 14.1. The van der Waals surface area contributed by atoms with E-state index in [9.17, 15) is 18.4 Å². The number of nitrogens with zero attached hydrogens (tertiary/aromatic N) is 1. The summed E-state index contributed by atoms with van der Waals surface area (Å²) in [5.74, 6) is -2.46. The third-order valence-corrected chi connectivity index (χ3v) is 3.76. The number of halogens is 2. The maximum Gasteiger partial charge on any atom is 0.255 e. The molecule has 0 atom stereocenters. The Balaban J connectivity index is 1.62. The van der Waals surface area contributed by atoms with Gasteiger partial charge in [-0.15, -0.1) is 0 Å². The Labute approximate surface area is 154 Å². The van der Waals surface area contributed by atoms with Crippen LogP contribution in [0, 0.1) is 11.6 Å². The Morgan fingerprint density at radius 3 is 2.26 bits per heavy atom. The van der Waals surface area contributed by atoms with Gasteiger partial charge in [-0.25, -0.2) is 8.78 Å². The zero-order chi connectivity index (χ0) is 19.2. The fourth-order valence-corrected chi connectivity index (χ4v) is 2.35. The van der Waals surface area contributed by atoms with Gasteiger partial charge in [0.2, 0.25) is 0 Å². The quantitative estimate of drug-likeness (QED) is 0.725. The van der Waals surface area contributed by atoms with Crippen LogP contribution in [-0.4, -0.2) is 16.8 Å². The van der Waals surface area contributed by atoms with Gasteiger partial charge in [-0.1, -0.05) is 6.07 Å². The molecule has 2 N–H and O–H groups in total. The molecular weight excluding hydrogens is 352 g/mol. The Hall–Kier alpha value is -3.61. The lowest BCUT2D eigenvalue weighted by atomic mass is 10.1. The molecule has 0 saturated heterocycles. The molecule has 0 bridgehead atoms. The molecule has 136 valence electrons. The minimum absolute atomic E-state index is 0.125. The van der Waals surface area contributed by atoms with Gasteiger partial charge < -0.3 is 10.6 Å². The van der Waals surface area contributed by atoms with Gasteiger partial charge in [0.15, 0.2) is 0 Å². The average Bonchev–Trinajstić information content (AvgIpc) is 2.69. The van der Waals surface area contributed by atoms with Crippen LogP contribution in [0.4, 0.5) is 14.5 Å². The number of pyridine rings is 1. The molecule has 27 heavy (non-hydrogen) atoms. The first-order valence-electron chi connectivity index (χ1n) is 8.06. The Bertz CT molecular complexity index is 961. The van der Waals surface area contributed by atoms with E-state index in [4.69, 9.17) is 0 Å². The topological polar surface area (TPSA) is 71.1 Å². The fraction of sp³-hybridized carbons (Fsp3) is 0.0500. The summed E-state index contributed by atoms with van der Waals surface area (Å²) in [6.07, 6.45) is 3.30. The van der Waals surface area contributed by atoms with Crippen molar-refractivity contribution < 1.29 is 18.4 Å². The zero-order valence-corrected chi connectivity index (χ0v) is 14.1. The van der Waals surface area contributed by atoms with E-state index in [2.05, 4.69) is 15.6 Å². The monoisotopic (exact) mass is 367 g/mol. The minimum atomic E-state index is -0.866. The van der Waals surface area contributed by atoms with Crippen molar-refractivity contribution in [3.63, 3.8) is 0 Å². The lowest BCUT2D eigenvalue weighted by Gasteiger charge is -2.08. The molecule has 1 aromatic heterocycles. The van der Waals surface area contributed by atoms with E-state index < -0.39 is 17.5 Å². The molecule has 0 saturated carbocycles. The van der Waals surface area contributed by atoms with Gasteiger partial charge in [0.05, 0.1) is 5.69 Å². The van der Waals surface area contributed by atoms with Gasteiger partial charge >= 0.3 is 0 Å². The largest absolute Gasteiger partial charge is 0.348 e. The van der Waals surface area contributed by atoms with Crippen LogP contribution in [-0.2, 0) is 6.54 Å². The predicted molar refractivity (Wildman–Crippen MR) is 96.2 cm³/mol. The van der Waals surface area contributed by atoms with E-state index in [1.54, 1.807) is 18.5 Å². The lowest BCUT2D eigenvalue weighted by Crippen LogP contribution is -2.23. The van der Waals surface area contributed by atoms with E-state index in [1.807, 2.05) is 6.07 Å². The second-order valence-electron chi connectivity index (χ2n) is 5.70. The number of nitrogens with one attached hydrogen (secondary N) is 2. The Morgan fingerprint density at radius 1 is 0.926 bits per heavy atom. The highest BCUT2D eigenvalue weighted by Gasteiger charge is 2.11. The van der Waals surface area contributed by atoms with Gasteiger partial charge in [0.1, 0.15) is 11.6 Å². The number of carbonyl (C=O) groups is 2. The summed E-state index contributed by atoms with van der Waals surface area (Å²) < 4.78 is 26.5. The summed E-state index contributed by atoms with van der Waals surface area (Å²) in [6, 6.07) is 12.4. The fourth-order valence-electron chi connectivity index (χ4n) is 2.35. The van der Waals surface area contributed by atoms with Crippen molar-refractivity contribution in [1.29, 1.82) is 0 Å². The van der Waals surface area contributed by atoms with Crippen LogP contribution in [0.3, 0.4) is 0 Å². The van der Waals surface area contributed by atoms with E-state index in [0.29, 0.717) is 18.2 Å². The molecule has 7 heteroatoms. The Kier molecular flexibility index (Phi) is 5.51. The molecule has 3 aromatic rings. The van der Waals surface area contributed by atoms with Crippen LogP contribution >= 0.6 is 0 Å².